The Morgan fingerprint density at radius 1 is 1.45 bits per heavy atom. The molecule has 2 aromatic rings. The van der Waals surface area contributed by atoms with Crippen LogP contribution in [-0.4, -0.2) is 22.9 Å². The first kappa shape index (κ1) is 14.4. The highest BCUT2D eigenvalue weighted by Crippen LogP contribution is 2.21. The lowest BCUT2D eigenvalue weighted by atomic mass is 10.2. The molecule has 0 bridgehead atoms. The van der Waals surface area contributed by atoms with E-state index in [-0.39, 0.29) is 5.69 Å². The first-order valence-electron chi connectivity index (χ1n) is 5.58. The minimum absolute atomic E-state index is 0.302. The third-order valence-corrected chi connectivity index (χ3v) is 3.30. The average Bonchev–Trinajstić information content (AvgIpc) is 2.43. The summed E-state index contributed by atoms with van der Waals surface area (Å²) >= 11 is 3.27. The van der Waals surface area contributed by atoms with Gasteiger partial charge in [0.2, 0.25) is 11.1 Å². The Labute approximate surface area is 122 Å². The van der Waals surface area contributed by atoms with Gasteiger partial charge in [0.15, 0.2) is 0 Å². The molecule has 0 aliphatic carbocycles. The van der Waals surface area contributed by atoms with Crippen molar-refractivity contribution >= 4 is 21.9 Å². The molecule has 2 rings (SSSR count). The number of ether oxygens (including phenoxy) is 1. The molecule has 0 aliphatic rings. The highest BCUT2D eigenvalue weighted by molar-refractivity contribution is 9.10. The number of benzene rings is 1. The molecule has 5 nitrogen and oxygen atoms in total. The molecule has 0 radical (unpaired) electrons. The summed E-state index contributed by atoms with van der Waals surface area (Å²) in [6.07, 6.45) is 1.42. The number of aromatic nitrogens is 2. The van der Waals surface area contributed by atoms with Crippen LogP contribution in [0.2, 0.25) is 0 Å². The van der Waals surface area contributed by atoms with E-state index >= 15 is 0 Å². The molecule has 0 fully saturated rings. The molecule has 0 aliphatic heterocycles. The minimum atomic E-state index is -0.833. The van der Waals surface area contributed by atoms with Crippen LogP contribution in [0.4, 0.5) is 4.39 Å². The van der Waals surface area contributed by atoms with Gasteiger partial charge >= 0.3 is 5.97 Å². The topological polar surface area (TPSA) is 61.2 Å². The second-order valence-electron chi connectivity index (χ2n) is 4.02. The number of nitrogens with zero attached hydrogens (tertiary/aromatic N) is 2. The van der Waals surface area contributed by atoms with Crippen LogP contribution < -0.4 is 5.43 Å². The molecule has 0 N–H and O–H groups in total. The number of hydrogen-bond donors (Lipinski definition) is 0. The molecule has 0 atom stereocenters. The van der Waals surface area contributed by atoms with E-state index in [9.17, 15) is 14.0 Å². The van der Waals surface area contributed by atoms with Gasteiger partial charge in [-0.15, -0.1) is 0 Å². The molecule has 7 heteroatoms. The van der Waals surface area contributed by atoms with Crippen LogP contribution in [0.25, 0.3) is 5.69 Å². The maximum absolute atomic E-state index is 13.3. The number of carbonyl (C=O) groups is 1. The van der Waals surface area contributed by atoms with E-state index in [0.29, 0.717) is 15.7 Å². The number of esters is 1. The first-order chi connectivity index (χ1) is 9.43. The van der Waals surface area contributed by atoms with Crippen LogP contribution in [-0.2, 0) is 4.74 Å². The lowest BCUT2D eigenvalue weighted by molar-refractivity contribution is 0.0590. The second-order valence-corrected chi connectivity index (χ2v) is 4.88. The molecule has 0 unspecified atom stereocenters. The van der Waals surface area contributed by atoms with E-state index in [1.807, 2.05) is 0 Å². The second kappa shape index (κ2) is 5.54. The number of hydrogen-bond acceptors (Lipinski definition) is 4. The number of methoxy groups -OCH3 is 1. The summed E-state index contributed by atoms with van der Waals surface area (Å²) in [7, 11) is 1.16. The van der Waals surface area contributed by atoms with Gasteiger partial charge in [-0.2, -0.15) is 5.10 Å². The monoisotopic (exact) mass is 340 g/mol. The molecule has 20 heavy (non-hydrogen) atoms. The van der Waals surface area contributed by atoms with Crippen LogP contribution >= 0.6 is 15.9 Å². The van der Waals surface area contributed by atoms with Crippen molar-refractivity contribution in [2.24, 2.45) is 0 Å². The predicted octanol–water partition coefficient (Wildman–Crippen LogP) is 2.23. The number of aryl methyl sites for hydroxylation is 1. The summed E-state index contributed by atoms with van der Waals surface area (Å²) in [5.41, 5.74) is -0.181. The molecule has 0 saturated carbocycles. The van der Waals surface area contributed by atoms with Crippen molar-refractivity contribution < 1.29 is 13.9 Å². The van der Waals surface area contributed by atoms with Gasteiger partial charge in [0.1, 0.15) is 5.82 Å². The van der Waals surface area contributed by atoms with Gasteiger partial charge in [-0.3, -0.25) is 4.79 Å². The summed E-state index contributed by atoms with van der Waals surface area (Å²) in [6.45, 7) is 1.54. The van der Waals surface area contributed by atoms with Gasteiger partial charge in [-0.25, -0.2) is 13.9 Å². The maximum Gasteiger partial charge on any atom is 0.362 e. The van der Waals surface area contributed by atoms with Crippen LogP contribution in [0, 0.1) is 12.7 Å². The smallest absolute Gasteiger partial charge is 0.362 e. The van der Waals surface area contributed by atoms with E-state index in [0.717, 1.165) is 7.11 Å². The Balaban J connectivity index is 2.70. The van der Waals surface area contributed by atoms with Gasteiger partial charge in [0, 0.05) is 22.3 Å². The standard InChI is InChI=1S/C13H10BrFN2O3/c1-7-6-17(10-5-8(15)3-4-9(10)14)16-11(12(7)18)13(19)20-2/h3-6H,1-2H3. The van der Waals surface area contributed by atoms with Gasteiger partial charge in [0.25, 0.3) is 0 Å². The van der Waals surface area contributed by atoms with Gasteiger partial charge in [-0.05, 0) is 35.0 Å². The zero-order valence-electron chi connectivity index (χ0n) is 10.7. The number of rotatable bonds is 2. The lowest BCUT2D eigenvalue weighted by Gasteiger charge is -2.10. The molecular formula is C13H10BrFN2O3. The van der Waals surface area contributed by atoms with Crippen LogP contribution in [0.15, 0.2) is 33.7 Å². The van der Waals surface area contributed by atoms with Gasteiger partial charge < -0.3 is 4.74 Å². The van der Waals surface area contributed by atoms with E-state index in [4.69, 9.17) is 0 Å². The van der Waals surface area contributed by atoms with Crippen molar-refractivity contribution in [3.8, 4) is 5.69 Å². The SMILES string of the molecule is COC(=O)c1nn(-c2cc(F)ccc2Br)cc(C)c1=O. The quantitative estimate of drug-likeness (QED) is 0.786. The molecule has 0 saturated heterocycles. The Hall–Kier alpha value is -2.02. The number of halogens is 2. The largest absolute Gasteiger partial charge is 0.464 e. The van der Waals surface area contributed by atoms with E-state index in [2.05, 4.69) is 25.8 Å². The Morgan fingerprint density at radius 2 is 2.15 bits per heavy atom. The molecule has 1 aromatic carbocycles. The third-order valence-electron chi connectivity index (χ3n) is 2.63. The van der Waals surface area contributed by atoms with Crippen LogP contribution in [0.5, 0.6) is 0 Å². The zero-order chi connectivity index (χ0) is 14.9. The Bertz CT molecular complexity index is 743. The molecule has 1 heterocycles. The lowest BCUT2D eigenvalue weighted by Crippen LogP contribution is -2.24. The van der Waals surface area contributed by atoms with E-state index in [1.54, 1.807) is 6.92 Å². The molecule has 0 amide bonds. The fraction of sp³-hybridized carbons (Fsp3) is 0.154. The molecule has 0 spiro atoms. The summed E-state index contributed by atoms with van der Waals surface area (Å²) < 4.78 is 19.7. The van der Waals surface area contributed by atoms with Gasteiger partial charge in [0.05, 0.1) is 12.8 Å². The minimum Gasteiger partial charge on any atom is -0.464 e. The van der Waals surface area contributed by atoms with Crippen molar-refractivity contribution in [1.29, 1.82) is 0 Å². The average molecular weight is 341 g/mol. The van der Waals surface area contributed by atoms with E-state index in [1.165, 1.54) is 29.1 Å². The number of carbonyl (C=O) groups excluding carboxylic acids is 1. The van der Waals surface area contributed by atoms with Crippen LogP contribution in [0.3, 0.4) is 0 Å². The van der Waals surface area contributed by atoms with Crippen LogP contribution in [0.1, 0.15) is 16.1 Å². The van der Waals surface area contributed by atoms with Crippen molar-refractivity contribution in [2.45, 2.75) is 6.92 Å². The maximum atomic E-state index is 13.3. The Morgan fingerprint density at radius 3 is 2.80 bits per heavy atom. The fourth-order valence-corrected chi connectivity index (χ4v) is 2.05. The predicted molar refractivity (Wildman–Crippen MR) is 73.6 cm³/mol. The summed E-state index contributed by atoms with van der Waals surface area (Å²) in [4.78, 5) is 23.4. The first-order valence-corrected chi connectivity index (χ1v) is 6.37. The highest BCUT2D eigenvalue weighted by atomic mass is 79.9. The summed E-state index contributed by atoms with van der Waals surface area (Å²) in [5, 5.41) is 3.91. The summed E-state index contributed by atoms with van der Waals surface area (Å²) in [6, 6.07) is 4.03. The van der Waals surface area contributed by atoms with E-state index < -0.39 is 17.2 Å². The van der Waals surface area contributed by atoms with Gasteiger partial charge in [-0.1, -0.05) is 0 Å². The Kier molecular flexibility index (Phi) is 3.99. The van der Waals surface area contributed by atoms with Crippen molar-refractivity contribution in [1.82, 2.24) is 9.78 Å². The third kappa shape index (κ3) is 2.62. The van der Waals surface area contributed by atoms with Crippen molar-refractivity contribution in [3.63, 3.8) is 0 Å². The summed E-state index contributed by atoms with van der Waals surface area (Å²) in [5.74, 6) is -1.29. The molecule has 1 aromatic heterocycles. The normalized spacial score (nSPS) is 10.4. The molecular weight excluding hydrogens is 331 g/mol. The fourth-order valence-electron chi connectivity index (χ4n) is 1.63. The van der Waals surface area contributed by atoms with Crippen molar-refractivity contribution in [3.05, 3.63) is 56.2 Å². The highest BCUT2D eigenvalue weighted by Gasteiger charge is 2.17. The van der Waals surface area contributed by atoms with Crippen molar-refractivity contribution in [2.75, 3.05) is 7.11 Å². The molecule has 104 valence electrons. The zero-order valence-corrected chi connectivity index (χ0v) is 12.3.